The number of esters is 1. The highest BCUT2D eigenvalue weighted by atomic mass is 35.5. The number of ether oxygens (including phenoxy) is 3. The van der Waals surface area contributed by atoms with Crippen molar-refractivity contribution in [3.63, 3.8) is 0 Å². The van der Waals surface area contributed by atoms with E-state index in [4.69, 9.17) is 25.8 Å². The lowest BCUT2D eigenvalue weighted by molar-refractivity contribution is -0.147. The summed E-state index contributed by atoms with van der Waals surface area (Å²) in [7, 11) is 0. The zero-order chi connectivity index (χ0) is 23.8. The Morgan fingerprint density at radius 3 is 2.91 bits per heavy atom. The second-order valence-electron chi connectivity index (χ2n) is 9.51. The summed E-state index contributed by atoms with van der Waals surface area (Å²) in [6.45, 7) is 4.51. The number of aliphatic hydroxyl groups is 2. The molecule has 1 aliphatic carbocycles. The zero-order valence-electron chi connectivity index (χ0n) is 19.6. The van der Waals surface area contributed by atoms with Gasteiger partial charge in [-0.25, -0.2) is 0 Å². The summed E-state index contributed by atoms with van der Waals surface area (Å²) in [5.41, 5.74) is 0. The predicted molar refractivity (Wildman–Crippen MR) is 127 cm³/mol. The van der Waals surface area contributed by atoms with Crippen LogP contribution in [0.15, 0.2) is 36.4 Å². The fourth-order valence-electron chi connectivity index (χ4n) is 4.85. The van der Waals surface area contributed by atoms with Crippen LogP contribution < -0.4 is 4.74 Å². The standard InChI is InChI=1S/C26H37ClO6/c1-17(2)33-26(30)8-3-5-18-9-11-23-22(24(29)14-25(23)32-15-18)12-10-20(28)16-31-21-7-4-6-19(27)13-21/h4,6-7,10,12-13,17-18,20,22-25,28-29H,3,5,8-9,11,14-16H2,1-2H3/b12-10+/t18-,20-,22+,23+,24+,25-/m0/s1. The van der Waals surface area contributed by atoms with Crippen molar-refractivity contribution >= 4 is 17.6 Å². The van der Waals surface area contributed by atoms with Crippen molar-refractivity contribution in [2.24, 2.45) is 17.8 Å². The van der Waals surface area contributed by atoms with Gasteiger partial charge in [0.1, 0.15) is 18.5 Å². The molecule has 6 nitrogen and oxygen atoms in total. The van der Waals surface area contributed by atoms with E-state index in [9.17, 15) is 15.0 Å². The van der Waals surface area contributed by atoms with Gasteiger partial charge < -0.3 is 24.4 Å². The number of hydrogen-bond acceptors (Lipinski definition) is 6. The summed E-state index contributed by atoms with van der Waals surface area (Å²) >= 11 is 5.96. The van der Waals surface area contributed by atoms with Gasteiger partial charge >= 0.3 is 5.97 Å². The molecule has 0 amide bonds. The molecule has 6 atom stereocenters. The Labute approximate surface area is 201 Å². The fourth-order valence-corrected chi connectivity index (χ4v) is 5.03. The molecule has 0 unspecified atom stereocenters. The molecule has 2 N–H and O–H groups in total. The van der Waals surface area contributed by atoms with Crippen molar-refractivity contribution in [3.8, 4) is 5.75 Å². The van der Waals surface area contributed by atoms with Crippen molar-refractivity contribution in [1.82, 2.24) is 0 Å². The molecule has 1 aliphatic heterocycles. The average molecular weight is 481 g/mol. The number of halogens is 1. The quantitative estimate of drug-likeness (QED) is 0.377. The molecule has 2 aliphatic rings. The molecule has 184 valence electrons. The van der Waals surface area contributed by atoms with Gasteiger partial charge in [0.2, 0.25) is 0 Å². The normalized spacial score (nSPS) is 28.5. The smallest absolute Gasteiger partial charge is 0.306 e. The van der Waals surface area contributed by atoms with E-state index in [1.54, 1.807) is 30.3 Å². The van der Waals surface area contributed by atoms with Gasteiger partial charge in [0, 0.05) is 30.4 Å². The minimum Gasteiger partial charge on any atom is -0.491 e. The Morgan fingerprint density at radius 1 is 1.33 bits per heavy atom. The maximum Gasteiger partial charge on any atom is 0.306 e. The van der Waals surface area contributed by atoms with Crippen molar-refractivity contribution in [2.45, 2.75) is 76.8 Å². The van der Waals surface area contributed by atoms with Crippen LogP contribution in [0.3, 0.4) is 0 Å². The van der Waals surface area contributed by atoms with Crippen LogP contribution in [0.1, 0.15) is 52.4 Å². The summed E-state index contributed by atoms with van der Waals surface area (Å²) in [6, 6.07) is 7.06. The topological polar surface area (TPSA) is 85.2 Å². The number of fused-ring (bicyclic) bond motifs is 1. The molecular weight excluding hydrogens is 444 g/mol. The molecule has 33 heavy (non-hydrogen) atoms. The third-order valence-electron chi connectivity index (χ3n) is 6.48. The van der Waals surface area contributed by atoms with Gasteiger partial charge in [-0.1, -0.05) is 29.8 Å². The highest BCUT2D eigenvalue weighted by Crippen LogP contribution is 2.42. The second kappa shape index (κ2) is 12.7. The van der Waals surface area contributed by atoms with Gasteiger partial charge in [-0.15, -0.1) is 0 Å². The summed E-state index contributed by atoms with van der Waals surface area (Å²) in [4.78, 5) is 11.7. The molecule has 1 saturated heterocycles. The van der Waals surface area contributed by atoms with E-state index in [2.05, 4.69) is 0 Å². The third-order valence-corrected chi connectivity index (χ3v) is 6.71. The number of benzene rings is 1. The molecule has 7 heteroatoms. The Morgan fingerprint density at radius 2 is 2.15 bits per heavy atom. The Kier molecular flexibility index (Phi) is 10.0. The predicted octanol–water partition coefficient (Wildman–Crippen LogP) is 4.55. The minimum atomic E-state index is -0.778. The first-order valence-corrected chi connectivity index (χ1v) is 12.4. The molecule has 1 aromatic rings. The molecule has 0 aromatic heterocycles. The number of carbonyl (C=O) groups is 1. The molecule has 3 rings (SSSR count). The lowest BCUT2D eigenvalue weighted by Crippen LogP contribution is -2.22. The maximum atomic E-state index is 11.7. The van der Waals surface area contributed by atoms with Gasteiger partial charge in [-0.2, -0.15) is 0 Å². The summed E-state index contributed by atoms with van der Waals surface area (Å²) in [5, 5.41) is 21.5. The van der Waals surface area contributed by atoms with E-state index >= 15 is 0 Å². The summed E-state index contributed by atoms with van der Waals surface area (Å²) < 4.78 is 17.0. The lowest BCUT2D eigenvalue weighted by atomic mass is 9.86. The minimum absolute atomic E-state index is 0.0328. The Hall–Kier alpha value is -1.60. The first kappa shape index (κ1) is 26.0. The van der Waals surface area contributed by atoms with E-state index < -0.39 is 12.2 Å². The van der Waals surface area contributed by atoms with E-state index in [0.717, 1.165) is 25.7 Å². The van der Waals surface area contributed by atoms with Crippen LogP contribution in [-0.2, 0) is 14.3 Å². The zero-order valence-corrected chi connectivity index (χ0v) is 20.3. The molecular formula is C26H37ClO6. The van der Waals surface area contributed by atoms with E-state index in [1.807, 2.05) is 19.9 Å². The van der Waals surface area contributed by atoms with E-state index in [0.29, 0.717) is 36.1 Å². The van der Waals surface area contributed by atoms with E-state index in [1.165, 1.54) is 0 Å². The monoisotopic (exact) mass is 480 g/mol. The fraction of sp³-hybridized carbons (Fsp3) is 0.654. The van der Waals surface area contributed by atoms with Crippen molar-refractivity contribution < 1.29 is 29.2 Å². The highest BCUT2D eigenvalue weighted by Gasteiger charge is 2.43. The summed E-state index contributed by atoms with van der Waals surface area (Å²) in [6.07, 6.45) is 7.13. The van der Waals surface area contributed by atoms with E-state index in [-0.39, 0.29) is 36.6 Å². The third kappa shape index (κ3) is 8.29. The van der Waals surface area contributed by atoms with Crippen LogP contribution in [0, 0.1) is 17.8 Å². The number of hydrogen-bond donors (Lipinski definition) is 2. The molecule has 0 radical (unpaired) electrons. The van der Waals surface area contributed by atoms with Crippen molar-refractivity contribution in [2.75, 3.05) is 13.2 Å². The number of carbonyl (C=O) groups excluding carboxylic acids is 1. The van der Waals surface area contributed by atoms with Gasteiger partial charge in [0.05, 0.1) is 18.3 Å². The maximum absolute atomic E-state index is 11.7. The Bertz CT molecular complexity index is 782. The second-order valence-corrected chi connectivity index (χ2v) is 9.95. The summed E-state index contributed by atoms with van der Waals surface area (Å²) in [5.74, 6) is 1.07. The SMILES string of the molecule is CC(C)OC(=O)CCC[C@H]1CC[C@@H]2[C@@H](/C=C/[C@H](O)COc3cccc(Cl)c3)[C@H](O)C[C@@H]2OC1. The largest absolute Gasteiger partial charge is 0.491 e. The van der Waals surface area contributed by atoms with Crippen LogP contribution in [0.2, 0.25) is 5.02 Å². The molecule has 1 saturated carbocycles. The molecule has 0 spiro atoms. The number of rotatable bonds is 10. The van der Waals surface area contributed by atoms with Crippen LogP contribution >= 0.6 is 11.6 Å². The molecule has 2 fully saturated rings. The highest BCUT2D eigenvalue weighted by molar-refractivity contribution is 6.30. The van der Waals surface area contributed by atoms with Crippen LogP contribution in [0.4, 0.5) is 0 Å². The lowest BCUT2D eigenvalue weighted by Gasteiger charge is -2.21. The first-order valence-electron chi connectivity index (χ1n) is 12.1. The molecule has 1 aromatic carbocycles. The number of aliphatic hydroxyl groups excluding tert-OH is 2. The van der Waals surface area contributed by atoms with Crippen molar-refractivity contribution in [3.05, 3.63) is 41.4 Å². The van der Waals surface area contributed by atoms with Crippen LogP contribution in [0.25, 0.3) is 0 Å². The molecule has 0 bridgehead atoms. The van der Waals surface area contributed by atoms with Crippen LogP contribution in [-0.4, -0.2) is 53.8 Å². The first-order chi connectivity index (χ1) is 15.8. The van der Waals surface area contributed by atoms with Crippen LogP contribution in [0.5, 0.6) is 5.75 Å². The molecule has 1 heterocycles. The van der Waals surface area contributed by atoms with Crippen molar-refractivity contribution in [1.29, 1.82) is 0 Å². The average Bonchev–Trinajstić information content (AvgIpc) is 2.92. The van der Waals surface area contributed by atoms with Gasteiger partial charge in [0.25, 0.3) is 0 Å². The van der Waals surface area contributed by atoms with Gasteiger partial charge in [-0.3, -0.25) is 4.79 Å². The van der Waals surface area contributed by atoms with Gasteiger partial charge in [0.15, 0.2) is 0 Å². The Balaban J connectivity index is 1.45. The van der Waals surface area contributed by atoms with Gasteiger partial charge in [-0.05, 0) is 69.6 Å².